The van der Waals surface area contributed by atoms with Crippen LogP contribution in [-0.4, -0.2) is 30.2 Å². The molecule has 2 aromatic carbocycles. The molecular weight excluding hydrogens is 352 g/mol. The molecule has 1 amide bonds. The second-order valence-electron chi connectivity index (χ2n) is 6.39. The van der Waals surface area contributed by atoms with Gasteiger partial charge in [0.2, 0.25) is 5.91 Å². The van der Waals surface area contributed by atoms with Crippen LogP contribution >= 0.6 is 23.4 Å². The summed E-state index contributed by atoms with van der Waals surface area (Å²) in [4.78, 5) is 16.2. The lowest BCUT2D eigenvalue weighted by atomic mass is 9.96. The largest absolute Gasteiger partial charge is 0.325 e. The molecule has 132 valence electrons. The number of nitrogens with zero attached hydrogens (tertiary/aromatic N) is 1. The fourth-order valence-electron chi connectivity index (χ4n) is 3.29. The van der Waals surface area contributed by atoms with Crippen molar-refractivity contribution in [2.24, 2.45) is 5.92 Å². The summed E-state index contributed by atoms with van der Waals surface area (Å²) in [5.41, 5.74) is 2.10. The molecule has 0 saturated carbocycles. The highest BCUT2D eigenvalue weighted by Gasteiger charge is 2.26. The van der Waals surface area contributed by atoms with Crippen LogP contribution in [0.2, 0.25) is 5.02 Å². The molecule has 1 saturated heterocycles. The van der Waals surface area contributed by atoms with E-state index in [1.54, 1.807) is 11.8 Å². The molecule has 3 nitrogen and oxygen atoms in total. The molecule has 3 rings (SSSR count). The normalized spacial score (nSPS) is 18.1. The van der Waals surface area contributed by atoms with Crippen LogP contribution in [0.1, 0.15) is 18.4 Å². The molecule has 1 atom stereocenters. The van der Waals surface area contributed by atoms with Gasteiger partial charge in [0.05, 0.1) is 11.6 Å². The van der Waals surface area contributed by atoms with Gasteiger partial charge in [-0.3, -0.25) is 9.69 Å². The van der Waals surface area contributed by atoms with E-state index in [0.29, 0.717) is 0 Å². The van der Waals surface area contributed by atoms with Crippen molar-refractivity contribution in [3.8, 4) is 0 Å². The molecule has 0 aromatic heterocycles. The Labute approximate surface area is 158 Å². The number of benzene rings is 2. The molecule has 0 aliphatic carbocycles. The fourth-order valence-corrected chi connectivity index (χ4v) is 4.06. The van der Waals surface area contributed by atoms with Crippen molar-refractivity contribution in [3.63, 3.8) is 0 Å². The Kier molecular flexibility index (Phi) is 6.40. The van der Waals surface area contributed by atoms with Crippen LogP contribution in [0.3, 0.4) is 0 Å². The number of halogens is 1. The molecule has 25 heavy (non-hydrogen) atoms. The molecule has 1 aliphatic rings. The van der Waals surface area contributed by atoms with Crippen molar-refractivity contribution >= 4 is 35.0 Å². The second kappa shape index (κ2) is 8.75. The maximum absolute atomic E-state index is 12.7. The first-order valence-corrected chi connectivity index (χ1v) is 10.2. The molecule has 0 spiro atoms. The number of carbonyl (C=O) groups excluding carboxylic acids is 1. The number of amides is 1. The molecule has 2 aromatic rings. The van der Waals surface area contributed by atoms with Crippen molar-refractivity contribution in [1.82, 2.24) is 4.90 Å². The SMILES string of the molecule is CSc1ccccc1NC(=O)C1CCCN(Cc2cccc(Cl)c2)C1. The van der Waals surface area contributed by atoms with Gasteiger partial charge in [0.1, 0.15) is 0 Å². The predicted molar refractivity (Wildman–Crippen MR) is 106 cm³/mol. The Morgan fingerprint density at radius 1 is 1.28 bits per heavy atom. The summed E-state index contributed by atoms with van der Waals surface area (Å²) in [6.45, 7) is 2.66. The van der Waals surface area contributed by atoms with E-state index in [1.807, 2.05) is 48.7 Å². The Morgan fingerprint density at radius 3 is 2.92 bits per heavy atom. The van der Waals surface area contributed by atoms with E-state index >= 15 is 0 Å². The zero-order valence-corrected chi connectivity index (χ0v) is 15.9. The number of likely N-dealkylation sites (tertiary alicyclic amines) is 1. The van der Waals surface area contributed by atoms with Gasteiger partial charge in [-0.1, -0.05) is 35.9 Å². The Balaban J connectivity index is 1.61. The first-order chi connectivity index (χ1) is 12.2. The first-order valence-electron chi connectivity index (χ1n) is 8.56. The van der Waals surface area contributed by atoms with Crippen LogP contribution < -0.4 is 5.32 Å². The number of para-hydroxylation sites is 1. The fraction of sp³-hybridized carbons (Fsp3) is 0.350. The molecule has 1 N–H and O–H groups in total. The lowest BCUT2D eigenvalue weighted by molar-refractivity contribution is -0.121. The molecule has 0 radical (unpaired) electrons. The van der Waals surface area contributed by atoms with Crippen LogP contribution in [-0.2, 0) is 11.3 Å². The Hall–Kier alpha value is -1.49. The van der Waals surface area contributed by atoms with Crippen molar-refractivity contribution < 1.29 is 4.79 Å². The highest BCUT2D eigenvalue weighted by atomic mass is 35.5. The van der Waals surface area contributed by atoms with Crippen molar-refractivity contribution in [2.75, 3.05) is 24.7 Å². The third-order valence-electron chi connectivity index (χ3n) is 4.54. The van der Waals surface area contributed by atoms with Gasteiger partial charge >= 0.3 is 0 Å². The summed E-state index contributed by atoms with van der Waals surface area (Å²) in [5.74, 6) is 0.153. The van der Waals surface area contributed by atoms with E-state index in [2.05, 4.69) is 16.3 Å². The number of anilines is 1. The van der Waals surface area contributed by atoms with Crippen molar-refractivity contribution in [3.05, 3.63) is 59.1 Å². The number of thioether (sulfide) groups is 1. The average molecular weight is 375 g/mol. The van der Waals surface area contributed by atoms with Gasteiger partial charge in [0, 0.05) is 23.0 Å². The number of carbonyl (C=O) groups is 1. The predicted octanol–water partition coefficient (Wildman–Crippen LogP) is 4.91. The van der Waals surface area contributed by atoms with Gasteiger partial charge < -0.3 is 5.32 Å². The summed E-state index contributed by atoms with van der Waals surface area (Å²) < 4.78 is 0. The smallest absolute Gasteiger partial charge is 0.228 e. The summed E-state index contributed by atoms with van der Waals surface area (Å²) in [7, 11) is 0. The van der Waals surface area contributed by atoms with Gasteiger partial charge in [-0.15, -0.1) is 11.8 Å². The summed E-state index contributed by atoms with van der Waals surface area (Å²) in [6.07, 6.45) is 4.01. The highest BCUT2D eigenvalue weighted by molar-refractivity contribution is 7.98. The van der Waals surface area contributed by atoms with E-state index < -0.39 is 0 Å². The van der Waals surface area contributed by atoms with Gasteiger partial charge in [-0.2, -0.15) is 0 Å². The third kappa shape index (κ3) is 5.00. The van der Waals surface area contributed by atoms with Crippen LogP contribution in [0.15, 0.2) is 53.4 Å². The minimum absolute atomic E-state index is 0.0304. The summed E-state index contributed by atoms with van der Waals surface area (Å²) in [6, 6.07) is 15.9. The van der Waals surface area contributed by atoms with Crippen LogP contribution in [0.4, 0.5) is 5.69 Å². The molecule has 1 unspecified atom stereocenters. The maximum atomic E-state index is 12.7. The zero-order valence-electron chi connectivity index (χ0n) is 14.4. The monoisotopic (exact) mass is 374 g/mol. The number of hydrogen-bond acceptors (Lipinski definition) is 3. The van der Waals surface area contributed by atoms with E-state index in [0.717, 1.165) is 48.1 Å². The first kappa shape index (κ1) is 18.3. The number of rotatable bonds is 5. The molecule has 1 heterocycles. The van der Waals surface area contributed by atoms with Crippen molar-refractivity contribution in [1.29, 1.82) is 0 Å². The van der Waals surface area contributed by atoms with Crippen LogP contribution in [0.25, 0.3) is 0 Å². The van der Waals surface area contributed by atoms with E-state index in [1.165, 1.54) is 5.56 Å². The summed E-state index contributed by atoms with van der Waals surface area (Å²) >= 11 is 7.73. The third-order valence-corrected chi connectivity index (χ3v) is 5.57. The topological polar surface area (TPSA) is 32.3 Å². The number of nitrogens with one attached hydrogen (secondary N) is 1. The maximum Gasteiger partial charge on any atom is 0.228 e. The van der Waals surface area contributed by atoms with Crippen molar-refractivity contribution in [2.45, 2.75) is 24.3 Å². The van der Waals surface area contributed by atoms with Crippen LogP contribution in [0, 0.1) is 5.92 Å². The zero-order chi connectivity index (χ0) is 17.6. The summed E-state index contributed by atoms with van der Waals surface area (Å²) in [5, 5.41) is 3.88. The van der Waals surface area contributed by atoms with Gasteiger partial charge in [-0.25, -0.2) is 0 Å². The number of hydrogen-bond donors (Lipinski definition) is 1. The lowest BCUT2D eigenvalue weighted by Crippen LogP contribution is -2.40. The van der Waals surface area contributed by atoms with E-state index in [-0.39, 0.29) is 11.8 Å². The minimum atomic E-state index is 0.0304. The number of piperidine rings is 1. The molecular formula is C20H23ClN2OS. The van der Waals surface area contributed by atoms with Gasteiger partial charge in [0.25, 0.3) is 0 Å². The van der Waals surface area contributed by atoms with Gasteiger partial charge in [-0.05, 0) is 55.5 Å². The molecule has 5 heteroatoms. The minimum Gasteiger partial charge on any atom is -0.325 e. The van der Waals surface area contributed by atoms with Crippen LogP contribution in [0.5, 0.6) is 0 Å². The Bertz CT molecular complexity index is 737. The molecule has 1 fully saturated rings. The van der Waals surface area contributed by atoms with E-state index in [4.69, 9.17) is 11.6 Å². The highest BCUT2D eigenvalue weighted by Crippen LogP contribution is 2.26. The Morgan fingerprint density at radius 2 is 2.12 bits per heavy atom. The lowest BCUT2D eigenvalue weighted by Gasteiger charge is -2.32. The van der Waals surface area contributed by atoms with Gasteiger partial charge in [0.15, 0.2) is 0 Å². The molecule has 0 bridgehead atoms. The average Bonchev–Trinajstić information content (AvgIpc) is 2.62. The molecule has 1 aliphatic heterocycles. The standard InChI is InChI=1S/C20H23ClN2OS/c1-25-19-10-3-2-9-18(19)22-20(24)16-7-5-11-23(14-16)13-15-6-4-8-17(21)12-15/h2-4,6,8-10,12,16H,5,7,11,13-14H2,1H3,(H,22,24). The van der Waals surface area contributed by atoms with E-state index in [9.17, 15) is 4.79 Å². The second-order valence-corrected chi connectivity index (χ2v) is 7.68. The quantitative estimate of drug-likeness (QED) is 0.754.